The van der Waals surface area contributed by atoms with Crippen LogP contribution in [0.15, 0.2) is 12.1 Å². The van der Waals surface area contributed by atoms with Gasteiger partial charge in [-0.15, -0.1) is 0 Å². The molecule has 0 saturated heterocycles. The molecule has 2 rings (SSSR count). The number of carbonyl (C=O) groups excluding carboxylic acids is 2. The molecule has 0 bridgehead atoms. The summed E-state index contributed by atoms with van der Waals surface area (Å²) >= 11 is 6.17. The summed E-state index contributed by atoms with van der Waals surface area (Å²) in [5.74, 6) is 0.761. The molecule has 1 amide bonds. The smallest absolute Gasteiger partial charge is 0.338 e. The molecule has 0 aromatic heterocycles. The summed E-state index contributed by atoms with van der Waals surface area (Å²) in [6.07, 6.45) is 3.24. The lowest BCUT2D eigenvalue weighted by atomic mass is 9.78. The molecule has 6 nitrogen and oxygen atoms in total. The Bertz CT molecular complexity index is 679. The molecular formula is C20H28ClNO5. The molecule has 27 heavy (non-hydrogen) atoms. The van der Waals surface area contributed by atoms with Gasteiger partial charge >= 0.3 is 5.97 Å². The van der Waals surface area contributed by atoms with E-state index in [2.05, 4.69) is 19.2 Å². The minimum atomic E-state index is -0.640. The van der Waals surface area contributed by atoms with Crippen LogP contribution in [-0.2, 0) is 9.53 Å². The van der Waals surface area contributed by atoms with E-state index >= 15 is 0 Å². The molecule has 150 valence electrons. The number of benzene rings is 1. The molecule has 0 aliphatic heterocycles. The lowest BCUT2D eigenvalue weighted by Gasteiger charge is -2.34. The van der Waals surface area contributed by atoms with Crippen LogP contribution in [0.2, 0.25) is 5.02 Å². The van der Waals surface area contributed by atoms with Gasteiger partial charge in [-0.2, -0.15) is 0 Å². The Labute approximate surface area is 165 Å². The van der Waals surface area contributed by atoms with Crippen LogP contribution in [0, 0.1) is 11.8 Å². The van der Waals surface area contributed by atoms with Crippen LogP contribution in [0.5, 0.6) is 11.5 Å². The first-order chi connectivity index (χ1) is 12.9. The largest absolute Gasteiger partial charge is 0.493 e. The Morgan fingerprint density at radius 2 is 2.00 bits per heavy atom. The number of halogens is 1. The topological polar surface area (TPSA) is 73.9 Å². The van der Waals surface area contributed by atoms with Gasteiger partial charge in [0.05, 0.1) is 24.3 Å². The second kappa shape index (κ2) is 9.83. The van der Waals surface area contributed by atoms with Gasteiger partial charge in [-0.25, -0.2) is 4.79 Å². The van der Waals surface area contributed by atoms with Gasteiger partial charge in [-0.3, -0.25) is 4.79 Å². The fourth-order valence-corrected chi connectivity index (χ4v) is 3.64. The van der Waals surface area contributed by atoms with Crippen molar-refractivity contribution in [3.63, 3.8) is 0 Å². The number of methoxy groups -OCH3 is 1. The first-order valence-corrected chi connectivity index (χ1v) is 9.72. The Kier molecular flexibility index (Phi) is 7.78. The standard InChI is InChI=1S/C20H28ClNO5/c1-5-26-19-15(21)9-14(10-17(19)25-4)20(24)27-11-18(23)22-16-8-6-7-12(2)13(16)3/h9-10,12-13,16H,5-8,11H2,1-4H3,(H,22,23)/t12-,13+,16+/m1/s1. The van der Waals surface area contributed by atoms with Crippen LogP contribution in [-0.4, -0.2) is 38.2 Å². The van der Waals surface area contributed by atoms with Gasteiger partial charge < -0.3 is 19.5 Å². The number of amides is 1. The van der Waals surface area contributed by atoms with E-state index in [1.807, 2.05) is 6.92 Å². The van der Waals surface area contributed by atoms with Crippen LogP contribution in [0.1, 0.15) is 50.4 Å². The Morgan fingerprint density at radius 3 is 2.67 bits per heavy atom. The Balaban J connectivity index is 1.95. The summed E-state index contributed by atoms with van der Waals surface area (Å²) in [6, 6.07) is 3.06. The molecule has 3 atom stereocenters. The third-order valence-electron chi connectivity index (χ3n) is 5.14. The Hall–Kier alpha value is -1.95. The van der Waals surface area contributed by atoms with Crippen molar-refractivity contribution in [1.29, 1.82) is 0 Å². The van der Waals surface area contributed by atoms with Gasteiger partial charge in [-0.1, -0.05) is 38.3 Å². The molecule has 0 radical (unpaired) electrons. The number of carbonyl (C=O) groups is 2. The van der Waals surface area contributed by atoms with Gasteiger partial charge in [0.2, 0.25) is 0 Å². The molecule has 0 unspecified atom stereocenters. The van der Waals surface area contributed by atoms with E-state index in [1.165, 1.54) is 25.7 Å². The minimum absolute atomic E-state index is 0.125. The van der Waals surface area contributed by atoms with Crippen molar-refractivity contribution >= 4 is 23.5 Å². The fraction of sp³-hybridized carbons (Fsp3) is 0.600. The van der Waals surface area contributed by atoms with Gasteiger partial charge in [0.15, 0.2) is 18.1 Å². The normalized spacial score (nSPS) is 22.0. The van der Waals surface area contributed by atoms with Gasteiger partial charge in [0.1, 0.15) is 0 Å². The third kappa shape index (κ3) is 5.51. The SMILES string of the molecule is CCOc1c(Cl)cc(C(=O)OCC(=O)N[C@H]2CCC[C@@H](C)[C@@H]2C)cc1OC. The van der Waals surface area contributed by atoms with Crippen molar-refractivity contribution < 1.29 is 23.8 Å². The van der Waals surface area contributed by atoms with E-state index in [0.717, 1.165) is 12.8 Å². The first kappa shape index (κ1) is 21.4. The maximum atomic E-state index is 12.3. The van der Waals surface area contributed by atoms with Crippen molar-refractivity contribution in [2.45, 2.75) is 46.1 Å². The van der Waals surface area contributed by atoms with E-state index in [4.69, 9.17) is 25.8 Å². The monoisotopic (exact) mass is 397 g/mol. The van der Waals surface area contributed by atoms with E-state index < -0.39 is 5.97 Å². The summed E-state index contributed by atoms with van der Waals surface area (Å²) in [4.78, 5) is 24.5. The van der Waals surface area contributed by atoms with E-state index in [9.17, 15) is 9.59 Å². The van der Waals surface area contributed by atoms with Crippen LogP contribution in [0.25, 0.3) is 0 Å². The predicted octanol–water partition coefficient (Wildman–Crippen LogP) is 3.85. The van der Waals surface area contributed by atoms with Crippen LogP contribution >= 0.6 is 11.6 Å². The van der Waals surface area contributed by atoms with Crippen LogP contribution in [0.3, 0.4) is 0 Å². The average Bonchev–Trinajstić information content (AvgIpc) is 2.65. The van der Waals surface area contributed by atoms with Crippen molar-refractivity contribution in [3.8, 4) is 11.5 Å². The van der Waals surface area contributed by atoms with Gasteiger partial charge in [0, 0.05) is 6.04 Å². The lowest BCUT2D eigenvalue weighted by molar-refractivity contribution is -0.125. The highest BCUT2D eigenvalue weighted by molar-refractivity contribution is 6.32. The summed E-state index contributed by atoms with van der Waals surface area (Å²) in [7, 11) is 1.46. The molecule has 7 heteroatoms. The molecule has 1 aliphatic carbocycles. The van der Waals surface area contributed by atoms with Gasteiger partial charge in [0.25, 0.3) is 5.91 Å². The first-order valence-electron chi connectivity index (χ1n) is 9.34. The van der Waals surface area contributed by atoms with E-state index in [0.29, 0.717) is 29.9 Å². The summed E-state index contributed by atoms with van der Waals surface area (Å²) in [6.45, 7) is 6.26. The van der Waals surface area contributed by atoms with Crippen molar-refractivity contribution in [1.82, 2.24) is 5.32 Å². The number of hydrogen-bond donors (Lipinski definition) is 1. The molecule has 1 aliphatic rings. The van der Waals surface area contributed by atoms with Gasteiger partial charge in [-0.05, 0) is 37.3 Å². The molecule has 0 heterocycles. The number of ether oxygens (including phenoxy) is 3. The zero-order valence-corrected chi connectivity index (χ0v) is 17.1. The molecule has 1 N–H and O–H groups in total. The zero-order valence-electron chi connectivity index (χ0n) is 16.3. The fourth-order valence-electron chi connectivity index (χ4n) is 3.37. The maximum absolute atomic E-state index is 12.3. The number of hydrogen-bond acceptors (Lipinski definition) is 5. The second-order valence-electron chi connectivity index (χ2n) is 6.94. The average molecular weight is 398 g/mol. The van der Waals surface area contributed by atoms with Crippen molar-refractivity contribution in [3.05, 3.63) is 22.7 Å². The third-order valence-corrected chi connectivity index (χ3v) is 5.42. The van der Waals surface area contributed by atoms with E-state index in [-0.39, 0.29) is 29.1 Å². The van der Waals surface area contributed by atoms with Crippen molar-refractivity contribution in [2.24, 2.45) is 11.8 Å². The molecule has 0 spiro atoms. The highest BCUT2D eigenvalue weighted by Gasteiger charge is 2.28. The lowest BCUT2D eigenvalue weighted by Crippen LogP contribution is -2.45. The molecular weight excluding hydrogens is 370 g/mol. The van der Waals surface area contributed by atoms with Crippen LogP contribution in [0.4, 0.5) is 0 Å². The number of rotatable bonds is 7. The number of esters is 1. The highest BCUT2D eigenvalue weighted by atomic mass is 35.5. The zero-order chi connectivity index (χ0) is 20.0. The number of nitrogens with one attached hydrogen (secondary N) is 1. The molecule has 1 saturated carbocycles. The summed E-state index contributed by atoms with van der Waals surface area (Å²) in [5.41, 5.74) is 0.202. The summed E-state index contributed by atoms with van der Waals surface area (Å²) in [5, 5.41) is 3.23. The molecule has 1 aromatic carbocycles. The maximum Gasteiger partial charge on any atom is 0.338 e. The van der Waals surface area contributed by atoms with E-state index in [1.54, 1.807) is 0 Å². The highest BCUT2D eigenvalue weighted by Crippen LogP contribution is 2.36. The quantitative estimate of drug-likeness (QED) is 0.707. The molecule has 1 fully saturated rings. The second-order valence-corrected chi connectivity index (χ2v) is 7.35. The summed E-state index contributed by atoms with van der Waals surface area (Å²) < 4.78 is 15.8. The van der Waals surface area contributed by atoms with Crippen molar-refractivity contribution in [2.75, 3.05) is 20.3 Å². The minimum Gasteiger partial charge on any atom is -0.493 e. The Morgan fingerprint density at radius 1 is 1.26 bits per heavy atom. The van der Waals surface area contributed by atoms with Crippen LogP contribution < -0.4 is 14.8 Å². The predicted molar refractivity (Wildman–Crippen MR) is 104 cm³/mol. The molecule has 1 aromatic rings.